The molecule has 0 N–H and O–H groups in total. The molecule has 1 aliphatic heterocycles. The van der Waals surface area contributed by atoms with Crippen molar-refractivity contribution >= 4 is 39.0 Å². The van der Waals surface area contributed by atoms with Crippen LogP contribution < -0.4 is 0 Å². The molecule has 1 fully saturated rings. The molecule has 0 spiro atoms. The minimum atomic E-state index is -0.0873. The fraction of sp³-hybridized carbons (Fsp3) is 0.220. The first-order valence-electron chi connectivity index (χ1n) is 15.9. The van der Waals surface area contributed by atoms with Crippen molar-refractivity contribution in [1.82, 2.24) is 14.5 Å². The number of fused-ring (bicyclic) bond motifs is 3. The summed E-state index contributed by atoms with van der Waals surface area (Å²) in [6.07, 6.45) is 11.7. The molecule has 1 saturated carbocycles. The van der Waals surface area contributed by atoms with E-state index >= 15 is 0 Å². The first kappa shape index (κ1) is 30.3. The smallest absolute Gasteiger partial charge is 0.120 e. The maximum Gasteiger partial charge on any atom is 0.120 e. The van der Waals surface area contributed by atoms with Gasteiger partial charge in [0, 0.05) is 31.7 Å². The summed E-state index contributed by atoms with van der Waals surface area (Å²) < 4.78 is 8.47. The van der Waals surface area contributed by atoms with E-state index in [1.807, 2.05) is 48.7 Å². The summed E-state index contributed by atoms with van der Waals surface area (Å²) in [5.41, 5.74) is 10.9. The number of aromatic nitrogens is 3. The van der Waals surface area contributed by atoms with Gasteiger partial charge in [0.2, 0.25) is 0 Å². The summed E-state index contributed by atoms with van der Waals surface area (Å²) in [6, 6.07) is 35.7. The monoisotopic (exact) mass is 778 g/mol. The van der Waals surface area contributed by atoms with E-state index in [-0.39, 0.29) is 25.6 Å². The molecular weight excluding hydrogens is 743 g/mol. The van der Waals surface area contributed by atoms with E-state index in [0.717, 1.165) is 50.1 Å². The normalized spacial score (nSPS) is 15.2. The summed E-state index contributed by atoms with van der Waals surface area (Å²) in [6.45, 7) is 6.57. The number of pyridine rings is 1. The zero-order valence-corrected chi connectivity index (χ0v) is 28.7. The molecule has 4 aromatic carbocycles. The van der Waals surface area contributed by atoms with Crippen molar-refractivity contribution in [3.8, 4) is 22.6 Å². The van der Waals surface area contributed by atoms with Gasteiger partial charge in [0.05, 0.1) is 28.0 Å². The summed E-state index contributed by atoms with van der Waals surface area (Å²) in [5.74, 6) is 1.67. The molecule has 0 bridgehead atoms. The van der Waals surface area contributed by atoms with E-state index in [0.29, 0.717) is 5.92 Å². The molecular formula is C41H35IrN3O-2. The van der Waals surface area contributed by atoms with Crippen LogP contribution in [0.1, 0.15) is 62.1 Å². The molecule has 4 nitrogen and oxygen atoms in total. The Morgan fingerprint density at radius 1 is 0.891 bits per heavy atom. The first-order chi connectivity index (χ1) is 22.0. The second-order valence-electron chi connectivity index (χ2n) is 12.9. The van der Waals surface area contributed by atoms with Gasteiger partial charge in [-0.1, -0.05) is 65.8 Å². The molecule has 2 aliphatic rings. The fourth-order valence-electron chi connectivity index (χ4n) is 7.13. The molecule has 0 unspecified atom stereocenters. The Bertz CT molecular complexity index is 2220. The topological polar surface area (TPSA) is 43.9 Å². The summed E-state index contributed by atoms with van der Waals surface area (Å²) in [4.78, 5) is 9.51. The predicted molar refractivity (Wildman–Crippen MR) is 184 cm³/mol. The Labute approximate surface area is 283 Å². The number of imidazole rings is 1. The van der Waals surface area contributed by atoms with Crippen molar-refractivity contribution in [2.24, 2.45) is 0 Å². The zero-order chi connectivity index (χ0) is 30.5. The molecule has 46 heavy (non-hydrogen) atoms. The Morgan fingerprint density at radius 3 is 2.54 bits per heavy atom. The number of furan rings is 1. The van der Waals surface area contributed by atoms with E-state index < -0.39 is 0 Å². The number of para-hydroxylation sites is 1. The van der Waals surface area contributed by atoms with Gasteiger partial charge in [0.15, 0.2) is 0 Å². The molecule has 0 atom stereocenters. The average molecular weight is 778 g/mol. The first-order valence-corrected chi connectivity index (χ1v) is 15.9. The van der Waals surface area contributed by atoms with Gasteiger partial charge in [-0.15, -0.1) is 54.1 Å². The molecule has 4 heterocycles. The van der Waals surface area contributed by atoms with Gasteiger partial charge in [0.25, 0.3) is 0 Å². The molecule has 1 aliphatic carbocycles. The summed E-state index contributed by atoms with van der Waals surface area (Å²) in [7, 11) is 0. The third-order valence-corrected chi connectivity index (χ3v) is 9.33. The standard InChI is InChI=1S/C22H18NO.C19H17N2.Ir/c1-2-7-15(6-1)16-12-13-23-20(14-16)19-10-5-9-18-17-8-3-4-11-21(17)24-22(18)19;1-13-11-15-9-10-19(2,3)21-17(15)16(12-13)20-18(21)14-7-5-4-6-8-14;/h3-5,8-9,11-15H,1-2,6-7H2;4-7,9-12H,1-3H3;/q2*-1;. The number of rotatable bonds is 3. The molecule has 9 rings (SSSR count). The van der Waals surface area contributed by atoms with Crippen molar-refractivity contribution in [2.75, 3.05) is 0 Å². The third kappa shape index (κ3) is 5.32. The Morgan fingerprint density at radius 2 is 1.72 bits per heavy atom. The summed E-state index contributed by atoms with van der Waals surface area (Å²) in [5, 5.41) is 2.28. The van der Waals surface area contributed by atoms with Gasteiger partial charge < -0.3 is 14.0 Å². The number of aryl methyl sites for hydroxylation is 1. The van der Waals surface area contributed by atoms with E-state index in [9.17, 15) is 0 Å². The Kier molecular flexibility index (Phi) is 8.00. The van der Waals surface area contributed by atoms with Crippen LogP contribution in [0, 0.1) is 19.1 Å². The van der Waals surface area contributed by atoms with Crippen LogP contribution in [0.4, 0.5) is 0 Å². The van der Waals surface area contributed by atoms with Crippen LogP contribution in [-0.2, 0) is 25.6 Å². The van der Waals surface area contributed by atoms with Gasteiger partial charge in [-0.2, -0.15) is 0 Å². The summed E-state index contributed by atoms with van der Waals surface area (Å²) >= 11 is 0. The predicted octanol–water partition coefficient (Wildman–Crippen LogP) is 10.7. The Hall–Kier alpha value is -4.31. The SMILES string of the molecule is Cc1cc2c3c(c1)nc(-c1[c-]cccc1)n3C(C)(C)C=C2.[Ir].[c-]1ccc2c(oc3ccccc32)c1-c1cc(C2CCCC2)ccn1. The van der Waals surface area contributed by atoms with E-state index in [1.54, 1.807) is 0 Å². The van der Waals surface area contributed by atoms with Crippen LogP contribution >= 0.6 is 0 Å². The maximum atomic E-state index is 6.13. The number of nitrogens with zero attached hydrogens (tertiary/aromatic N) is 3. The van der Waals surface area contributed by atoms with Crippen LogP contribution in [-0.4, -0.2) is 14.5 Å². The van der Waals surface area contributed by atoms with Crippen molar-refractivity contribution in [3.05, 3.63) is 126 Å². The van der Waals surface area contributed by atoms with Crippen molar-refractivity contribution in [1.29, 1.82) is 0 Å². The van der Waals surface area contributed by atoms with Crippen molar-refractivity contribution in [2.45, 2.75) is 57.9 Å². The molecule has 7 aromatic rings. The third-order valence-electron chi connectivity index (χ3n) is 9.33. The van der Waals surface area contributed by atoms with E-state index in [2.05, 4.69) is 97.1 Å². The maximum absolute atomic E-state index is 6.13. The molecule has 0 amide bonds. The fourth-order valence-corrected chi connectivity index (χ4v) is 7.13. The number of hydrogen-bond acceptors (Lipinski definition) is 3. The molecule has 1 radical (unpaired) electrons. The molecule has 3 aromatic heterocycles. The quantitative estimate of drug-likeness (QED) is 0.168. The van der Waals surface area contributed by atoms with Gasteiger partial charge in [-0.3, -0.25) is 4.98 Å². The molecule has 0 saturated heterocycles. The van der Waals surface area contributed by atoms with Gasteiger partial charge >= 0.3 is 0 Å². The Balaban J connectivity index is 0.000000145. The molecule has 5 heteroatoms. The molecule has 231 valence electrons. The van der Waals surface area contributed by atoms with E-state index in [1.165, 1.54) is 47.9 Å². The average Bonchev–Trinajstić information content (AvgIpc) is 3.82. The van der Waals surface area contributed by atoms with Crippen LogP contribution in [0.2, 0.25) is 0 Å². The van der Waals surface area contributed by atoms with Crippen molar-refractivity contribution in [3.63, 3.8) is 0 Å². The van der Waals surface area contributed by atoms with Gasteiger partial charge in [-0.05, 0) is 80.6 Å². The van der Waals surface area contributed by atoms with Crippen LogP contribution in [0.15, 0.2) is 102 Å². The van der Waals surface area contributed by atoms with Crippen molar-refractivity contribution < 1.29 is 24.5 Å². The van der Waals surface area contributed by atoms with Crippen LogP contribution in [0.5, 0.6) is 0 Å². The van der Waals surface area contributed by atoms with Crippen LogP contribution in [0.25, 0.3) is 61.7 Å². The minimum absolute atomic E-state index is 0. The van der Waals surface area contributed by atoms with Gasteiger partial charge in [-0.25, -0.2) is 0 Å². The number of hydrogen-bond donors (Lipinski definition) is 0. The van der Waals surface area contributed by atoms with Crippen LogP contribution in [0.3, 0.4) is 0 Å². The second kappa shape index (κ2) is 12.1. The largest absolute Gasteiger partial charge is 0.501 e. The minimum Gasteiger partial charge on any atom is -0.501 e. The van der Waals surface area contributed by atoms with E-state index in [4.69, 9.17) is 9.40 Å². The number of benzene rings is 4. The van der Waals surface area contributed by atoms with Gasteiger partial charge in [0.1, 0.15) is 5.58 Å². The number of allylic oxidation sites excluding steroid dienone is 1. The second-order valence-corrected chi connectivity index (χ2v) is 12.9. The zero-order valence-electron chi connectivity index (χ0n) is 26.3.